The zero-order chi connectivity index (χ0) is 15.5. The molecule has 0 aromatic heterocycles. The van der Waals surface area contributed by atoms with Crippen molar-refractivity contribution in [2.24, 2.45) is 11.7 Å². The van der Waals surface area contributed by atoms with Gasteiger partial charge in [-0.05, 0) is 43.2 Å². The van der Waals surface area contributed by atoms with Crippen LogP contribution in [0.3, 0.4) is 0 Å². The standard InChI is InChI=1S/C15H22N2O3S/c1-21(19,20)17-10-8-12(9-11-17)6-7-13-4-2-3-5-14(13)15(16)18/h2-5,12H,6-11H2,1H3,(H2,16,18). The van der Waals surface area contributed by atoms with Crippen LogP contribution in [0.2, 0.25) is 0 Å². The third kappa shape index (κ3) is 4.28. The molecule has 0 unspecified atom stereocenters. The lowest BCUT2D eigenvalue weighted by Crippen LogP contribution is -2.37. The number of amides is 1. The highest BCUT2D eigenvalue weighted by molar-refractivity contribution is 7.88. The SMILES string of the molecule is CS(=O)(=O)N1CCC(CCc2ccccc2C(N)=O)CC1. The largest absolute Gasteiger partial charge is 0.366 e. The highest BCUT2D eigenvalue weighted by Gasteiger charge is 2.24. The van der Waals surface area contributed by atoms with Crippen LogP contribution in [0, 0.1) is 5.92 Å². The first-order valence-electron chi connectivity index (χ1n) is 7.21. The van der Waals surface area contributed by atoms with Crippen molar-refractivity contribution in [3.63, 3.8) is 0 Å². The molecule has 1 fully saturated rings. The molecule has 0 atom stereocenters. The van der Waals surface area contributed by atoms with Gasteiger partial charge in [0, 0.05) is 18.7 Å². The van der Waals surface area contributed by atoms with Gasteiger partial charge in [0.15, 0.2) is 0 Å². The summed E-state index contributed by atoms with van der Waals surface area (Å²) < 4.78 is 24.5. The number of nitrogens with zero attached hydrogens (tertiary/aromatic N) is 1. The van der Waals surface area contributed by atoms with Gasteiger partial charge < -0.3 is 5.73 Å². The van der Waals surface area contributed by atoms with E-state index in [-0.39, 0.29) is 0 Å². The second-order valence-corrected chi connectivity index (χ2v) is 7.65. The lowest BCUT2D eigenvalue weighted by Gasteiger charge is -2.30. The van der Waals surface area contributed by atoms with Gasteiger partial charge in [0.2, 0.25) is 15.9 Å². The maximum Gasteiger partial charge on any atom is 0.248 e. The monoisotopic (exact) mass is 310 g/mol. The molecule has 0 aliphatic carbocycles. The van der Waals surface area contributed by atoms with E-state index in [1.165, 1.54) is 6.26 Å². The van der Waals surface area contributed by atoms with Crippen LogP contribution in [0.5, 0.6) is 0 Å². The highest BCUT2D eigenvalue weighted by Crippen LogP contribution is 2.24. The molecule has 1 heterocycles. The van der Waals surface area contributed by atoms with Crippen LogP contribution in [0.15, 0.2) is 24.3 Å². The minimum absolute atomic E-state index is 0.391. The number of hydrogen-bond donors (Lipinski definition) is 1. The Kier molecular flexibility index (Phi) is 5.00. The molecular formula is C15H22N2O3S. The molecule has 2 N–H and O–H groups in total. The molecule has 1 aromatic carbocycles. The van der Waals surface area contributed by atoms with Gasteiger partial charge in [0.25, 0.3) is 0 Å². The van der Waals surface area contributed by atoms with Crippen molar-refractivity contribution >= 4 is 15.9 Å². The van der Waals surface area contributed by atoms with Crippen molar-refractivity contribution in [1.82, 2.24) is 4.31 Å². The van der Waals surface area contributed by atoms with Crippen molar-refractivity contribution in [2.75, 3.05) is 19.3 Å². The number of nitrogens with two attached hydrogens (primary N) is 1. The van der Waals surface area contributed by atoms with Crippen molar-refractivity contribution in [2.45, 2.75) is 25.7 Å². The minimum atomic E-state index is -3.06. The van der Waals surface area contributed by atoms with Crippen molar-refractivity contribution in [3.05, 3.63) is 35.4 Å². The summed E-state index contributed by atoms with van der Waals surface area (Å²) in [7, 11) is -3.06. The molecule has 0 radical (unpaired) electrons. The number of carbonyl (C=O) groups is 1. The second-order valence-electron chi connectivity index (χ2n) is 5.67. The van der Waals surface area contributed by atoms with Gasteiger partial charge in [-0.1, -0.05) is 18.2 Å². The van der Waals surface area contributed by atoms with Crippen molar-refractivity contribution in [1.29, 1.82) is 0 Å². The number of hydrogen-bond acceptors (Lipinski definition) is 3. The van der Waals surface area contributed by atoms with Gasteiger partial charge in [-0.25, -0.2) is 12.7 Å². The normalized spacial score (nSPS) is 17.8. The molecular weight excluding hydrogens is 288 g/mol. The number of primary amides is 1. The third-order valence-corrected chi connectivity index (χ3v) is 5.45. The summed E-state index contributed by atoms with van der Waals surface area (Å²) in [6, 6.07) is 7.41. The number of sulfonamides is 1. The van der Waals surface area contributed by atoms with E-state index in [4.69, 9.17) is 5.73 Å². The van der Waals surface area contributed by atoms with E-state index in [1.807, 2.05) is 18.2 Å². The number of carbonyl (C=O) groups excluding carboxylic acids is 1. The van der Waals surface area contributed by atoms with Gasteiger partial charge >= 0.3 is 0 Å². The van der Waals surface area contributed by atoms with E-state index in [0.717, 1.165) is 31.2 Å². The van der Waals surface area contributed by atoms with E-state index < -0.39 is 15.9 Å². The van der Waals surface area contributed by atoms with E-state index >= 15 is 0 Å². The smallest absolute Gasteiger partial charge is 0.248 e. The van der Waals surface area contributed by atoms with Gasteiger partial charge in [0.1, 0.15) is 0 Å². The summed E-state index contributed by atoms with van der Waals surface area (Å²) in [6.45, 7) is 1.20. The molecule has 0 spiro atoms. The summed E-state index contributed by atoms with van der Waals surface area (Å²) in [5, 5.41) is 0. The summed E-state index contributed by atoms with van der Waals surface area (Å²) in [6.07, 6.45) is 4.79. The van der Waals surface area contributed by atoms with E-state index in [9.17, 15) is 13.2 Å². The highest BCUT2D eigenvalue weighted by atomic mass is 32.2. The summed E-state index contributed by atoms with van der Waals surface area (Å²) in [5.74, 6) is 0.112. The number of benzene rings is 1. The molecule has 1 saturated heterocycles. The lowest BCUT2D eigenvalue weighted by atomic mass is 9.90. The Morgan fingerprint density at radius 2 is 1.90 bits per heavy atom. The minimum Gasteiger partial charge on any atom is -0.366 e. The maximum absolute atomic E-state index is 11.5. The molecule has 2 rings (SSSR count). The molecule has 6 heteroatoms. The molecule has 21 heavy (non-hydrogen) atoms. The summed E-state index contributed by atoms with van der Waals surface area (Å²) >= 11 is 0. The average Bonchev–Trinajstić information content (AvgIpc) is 2.45. The van der Waals surface area contributed by atoms with Crippen LogP contribution in [0.1, 0.15) is 35.2 Å². The molecule has 116 valence electrons. The Morgan fingerprint density at radius 1 is 1.29 bits per heavy atom. The van der Waals surface area contributed by atoms with Gasteiger partial charge in [-0.3, -0.25) is 4.79 Å². The Bertz CT molecular complexity index is 605. The van der Waals surface area contributed by atoms with Gasteiger partial charge in [-0.2, -0.15) is 0 Å². The zero-order valence-corrected chi connectivity index (χ0v) is 13.1. The first-order chi connectivity index (χ1) is 9.88. The van der Waals surface area contributed by atoms with Crippen LogP contribution in [0.4, 0.5) is 0 Å². The van der Waals surface area contributed by atoms with E-state index in [0.29, 0.717) is 24.6 Å². The molecule has 1 aromatic rings. The molecule has 1 aliphatic heterocycles. The summed E-state index contributed by atoms with van der Waals surface area (Å²) in [4.78, 5) is 11.4. The molecule has 1 aliphatic rings. The molecule has 0 saturated carbocycles. The first kappa shape index (κ1) is 16.0. The zero-order valence-electron chi connectivity index (χ0n) is 12.3. The van der Waals surface area contributed by atoms with Crippen LogP contribution in [-0.4, -0.2) is 38.0 Å². The van der Waals surface area contributed by atoms with Gasteiger partial charge in [-0.15, -0.1) is 0 Å². The Balaban J connectivity index is 1.90. The van der Waals surface area contributed by atoms with Crippen molar-refractivity contribution < 1.29 is 13.2 Å². The topological polar surface area (TPSA) is 80.5 Å². The van der Waals surface area contributed by atoms with E-state index in [2.05, 4.69) is 0 Å². The van der Waals surface area contributed by atoms with Crippen molar-refractivity contribution in [3.8, 4) is 0 Å². The first-order valence-corrected chi connectivity index (χ1v) is 9.05. The van der Waals surface area contributed by atoms with Crippen LogP contribution in [0.25, 0.3) is 0 Å². The molecule has 1 amide bonds. The molecule has 0 bridgehead atoms. The van der Waals surface area contributed by atoms with Gasteiger partial charge in [0.05, 0.1) is 6.26 Å². The predicted molar refractivity (Wildman–Crippen MR) is 82.4 cm³/mol. The fourth-order valence-corrected chi connectivity index (χ4v) is 3.74. The van der Waals surface area contributed by atoms with Crippen LogP contribution >= 0.6 is 0 Å². The average molecular weight is 310 g/mol. The Hall–Kier alpha value is -1.40. The predicted octanol–water partition coefficient (Wildman–Crippen LogP) is 1.39. The fourth-order valence-electron chi connectivity index (χ4n) is 2.87. The fraction of sp³-hybridized carbons (Fsp3) is 0.533. The maximum atomic E-state index is 11.5. The second kappa shape index (κ2) is 6.58. The Labute approximate surface area is 126 Å². The number of aryl methyl sites for hydroxylation is 1. The number of piperidine rings is 1. The third-order valence-electron chi connectivity index (χ3n) is 4.15. The molecule has 5 nitrogen and oxygen atoms in total. The number of rotatable bonds is 5. The summed E-state index contributed by atoms with van der Waals surface area (Å²) in [5.41, 5.74) is 6.95. The van der Waals surface area contributed by atoms with Crippen LogP contribution in [-0.2, 0) is 16.4 Å². The van der Waals surface area contributed by atoms with Crippen LogP contribution < -0.4 is 5.73 Å². The van der Waals surface area contributed by atoms with E-state index in [1.54, 1.807) is 10.4 Å². The Morgan fingerprint density at radius 3 is 2.48 bits per heavy atom. The quantitative estimate of drug-likeness (QED) is 0.892. The lowest BCUT2D eigenvalue weighted by molar-refractivity contribution is 0.0999.